The number of sulfonamides is 1. The predicted octanol–water partition coefficient (Wildman–Crippen LogP) is 3.53. The molecular formula is C20H22N2O3S. The van der Waals surface area contributed by atoms with Crippen molar-refractivity contribution in [2.45, 2.75) is 37.1 Å². The number of benzene rings is 2. The summed E-state index contributed by atoms with van der Waals surface area (Å²) in [6.45, 7) is 0.190. The minimum Gasteiger partial charge on any atom is -0.496 e. The molecule has 1 aliphatic carbocycles. The van der Waals surface area contributed by atoms with Gasteiger partial charge in [0.2, 0.25) is 10.0 Å². The number of para-hydroxylation sites is 1. The Bertz CT molecular complexity index is 1050. The van der Waals surface area contributed by atoms with Gasteiger partial charge >= 0.3 is 0 Å². The minimum absolute atomic E-state index is 0.190. The lowest BCUT2D eigenvalue weighted by Crippen LogP contribution is -2.23. The topological polar surface area (TPSA) is 71.2 Å². The van der Waals surface area contributed by atoms with Gasteiger partial charge in [0, 0.05) is 28.7 Å². The quantitative estimate of drug-likeness (QED) is 0.722. The SMILES string of the molecule is COc1ccccc1CNS(=O)(=O)c1ccc2[nH]c3c(c2c1)CCCC3. The van der Waals surface area contributed by atoms with E-state index in [9.17, 15) is 8.42 Å². The Morgan fingerprint density at radius 2 is 1.92 bits per heavy atom. The summed E-state index contributed by atoms with van der Waals surface area (Å²) in [5, 5.41) is 1.03. The number of hydrogen-bond acceptors (Lipinski definition) is 3. The highest BCUT2D eigenvalue weighted by atomic mass is 32.2. The second-order valence-corrected chi connectivity index (χ2v) is 8.40. The Hall–Kier alpha value is -2.31. The van der Waals surface area contributed by atoms with E-state index in [2.05, 4.69) is 9.71 Å². The minimum atomic E-state index is -3.60. The fraction of sp³-hybridized carbons (Fsp3) is 0.300. The second-order valence-electron chi connectivity index (χ2n) is 6.63. The van der Waals surface area contributed by atoms with Gasteiger partial charge in [0.15, 0.2) is 0 Å². The third kappa shape index (κ3) is 3.10. The van der Waals surface area contributed by atoms with Crippen molar-refractivity contribution in [3.05, 3.63) is 59.3 Å². The number of ether oxygens (including phenoxy) is 1. The molecule has 2 aromatic carbocycles. The number of aryl methyl sites for hydroxylation is 2. The molecule has 2 N–H and O–H groups in total. The third-order valence-corrected chi connectivity index (χ3v) is 6.42. The van der Waals surface area contributed by atoms with E-state index in [4.69, 9.17) is 4.74 Å². The normalized spacial score (nSPS) is 14.3. The van der Waals surface area contributed by atoms with Gasteiger partial charge in [-0.3, -0.25) is 0 Å². The number of hydrogen-bond donors (Lipinski definition) is 2. The summed E-state index contributed by atoms with van der Waals surface area (Å²) in [6.07, 6.45) is 4.39. The summed E-state index contributed by atoms with van der Waals surface area (Å²) in [4.78, 5) is 3.73. The van der Waals surface area contributed by atoms with Gasteiger partial charge < -0.3 is 9.72 Å². The maximum Gasteiger partial charge on any atom is 0.240 e. The van der Waals surface area contributed by atoms with E-state index in [1.807, 2.05) is 30.3 Å². The number of nitrogens with one attached hydrogen (secondary N) is 2. The summed E-state index contributed by atoms with van der Waals surface area (Å²) < 4.78 is 33.5. The number of aromatic nitrogens is 1. The molecule has 136 valence electrons. The van der Waals surface area contributed by atoms with E-state index in [0.29, 0.717) is 10.6 Å². The molecule has 1 aliphatic rings. The molecule has 0 spiro atoms. The molecule has 0 saturated carbocycles. The van der Waals surface area contributed by atoms with Crippen molar-refractivity contribution in [3.8, 4) is 5.75 Å². The Morgan fingerprint density at radius 1 is 1.12 bits per heavy atom. The van der Waals surface area contributed by atoms with Gasteiger partial charge in [-0.25, -0.2) is 13.1 Å². The van der Waals surface area contributed by atoms with Crippen molar-refractivity contribution in [1.82, 2.24) is 9.71 Å². The third-order valence-electron chi connectivity index (χ3n) is 5.03. The molecular weight excluding hydrogens is 348 g/mol. The van der Waals surface area contributed by atoms with Crippen LogP contribution in [0.5, 0.6) is 5.75 Å². The summed E-state index contributed by atoms with van der Waals surface area (Å²) >= 11 is 0. The molecule has 0 amide bonds. The molecule has 0 aliphatic heterocycles. The molecule has 0 bridgehead atoms. The maximum absolute atomic E-state index is 12.8. The standard InChI is InChI=1S/C20H22N2O3S/c1-25-20-9-5-2-6-14(20)13-21-26(23,24)15-10-11-19-17(12-15)16-7-3-4-8-18(16)22-19/h2,5-6,9-12,21-22H,3-4,7-8,13H2,1H3. The summed E-state index contributed by atoms with van der Waals surface area (Å²) in [7, 11) is -2.02. The van der Waals surface area contributed by atoms with Gasteiger partial charge in [0.1, 0.15) is 5.75 Å². The van der Waals surface area contributed by atoms with Crippen molar-refractivity contribution < 1.29 is 13.2 Å². The first-order valence-corrected chi connectivity index (χ1v) is 10.3. The molecule has 0 fully saturated rings. The Balaban J connectivity index is 1.63. The molecule has 0 saturated heterocycles. The number of fused-ring (bicyclic) bond motifs is 3. The van der Waals surface area contributed by atoms with Crippen molar-refractivity contribution >= 4 is 20.9 Å². The Morgan fingerprint density at radius 3 is 2.77 bits per heavy atom. The summed E-state index contributed by atoms with van der Waals surface area (Å²) in [5.41, 5.74) is 4.34. The van der Waals surface area contributed by atoms with Crippen molar-refractivity contribution in [2.75, 3.05) is 7.11 Å². The maximum atomic E-state index is 12.8. The highest BCUT2D eigenvalue weighted by molar-refractivity contribution is 7.89. The van der Waals surface area contributed by atoms with E-state index in [1.165, 1.54) is 17.7 Å². The Labute approximate surface area is 153 Å². The highest BCUT2D eigenvalue weighted by Crippen LogP contribution is 2.30. The van der Waals surface area contributed by atoms with Crippen molar-refractivity contribution in [2.24, 2.45) is 0 Å². The molecule has 26 heavy (non-hydrogen) atoms. The first kappa shape index (κ1) is 17.1. The molecule has 5 nitrogen and oxygen atoms in total. The number of rotatable bonds is 5. The van der Waals surface area contributed by atoms with Crippen LogP contribution in [-0.2, 0) is 29.4 Å². The number of H-pyrrole nitrogens is 1. The van der Waals surface area contributed by atoms with Crippen molar-refractivity contribution in [1.29, 1.82) is 0 Å². The molecule has 0 atom stereocenters. The highest BCUT2D eigenvalue weighted by Gasteiger charge is 2.19. The molecule has 0 radical (unpaired) electrons. The average Bonchev–Trinajstić information content (AvgIpc) is 3.04. The zero-order valence-corrected chi connectivity index (χ0v) is 15.5. The fourth-order valence-electron chi connectivity index (χ4n) is 3.66. The molecule has 4 rings (SSSR count). The zero-order valence-electron chi connectivity index (χ0n) is 14.7. The van der Waals surface area contributed by atoms with Crippen LogP contribution in [0.25, 0.3) is 10.9 Å². The van der Waals surface area contributed by atoms with Crippen LogP contribution in [0.2, 0.25) is 0 Å². The van der Waals surface area contributed by atoms with Crippen LogP contribution in [-0.4, -0.2) is 20.5 Å². The first-order valence-electron chi connectivity index (χ1n) is 8.83. The molecule has 0 unspecified atom stereocenters. The van der Waals surface area contributed by atoms with Gasteiger partial charge in [0.25, 0.3) is 0 Å². The van der Waals surface area contributed by atoms with Gasteiger partial charge in [-0.05, 0) is 55.5 Å². The molecule has 1 heterocycles. The molecule has 1 aromatic heterocycles. The van der Waals surface area contributed by atoms with E-state index in [-0.39, 0.29) is 6.54 Å². The van der Waals surface area contributed by atoms with Crippen molar-refractivity contribution in [3.63, 3.8) is 0 Å². The largest absolute Gasteiger partial charge is 0.496 e. The van der Waals surface area contributed by atoms with E-state index >= 15 is 0 Å². The van der Waals surface area contributed by atoms with Crippen LogP contribution < -0.4 is 9.46 Å². The summed E-state index contributed by atoms with van der Waals surface area (Å²) in [6, 6.07) is 12.7. The number of aromatic amines is 1. The van der Waals surface area contributed by atoms with Crippen LogP contribution in [0.15, 0.2) is 47.4 Å². The van der Waals surface area contributed by atoms with Crippen LogP contribution in [0.4, 0.5) is 0 Å². The van der Waals surface area contributed by atoms with Gasteiger partial charge in [0.05, 0.1) is 12.0 Å². The molecule has 3 aromatic rings. The first-order chi connectivity index (χ1) is 12.6. The van der Waals surface area contributed by atoms with Gasteiger partial charge in [-0.2, -0.15) is 0 Å². The van der Waals surface area contributed by atoms with Gasteiger partial charge in [-0.15, -0.1) is 0 Å². The van der Waals surface area contributed by atoms with Crippen LogP contribution >= 0.6 is 0 Å². The van der Waals surface area contributed by atoms with Crippen LogP contribution in [0.3, 0.4) is 0 Å². The van der Waals surface area contributed by atoms with Crippen LogP contribution in [0, 0.1) is 0 Å². The summed E-state index contributed by atoms with van der Waals surface area (Å²) in [5.74, 6) is 0.672. The lowest BCUT2D eigenvalue weighted by Gasteiger charge is -2.11. The Kier molecular flexibility index (Phi) is 4.46. The second kappa shape index (κ2) is 6.78. The monoisotopic (exact) mass is 370 g/mol. The fourth-order valence-corrected chi connectivity index (χ4v) is 4.69. The van der Waals surface area contributed by atoms with Crippen LogP contribution in [0.1, 0.15) is 29.7 Å². The lowest BCUT2D eigenvalue weighted by molar-refractivity contribution is 0.409. The lowest BCUT2D eigenvalue weighted by atomic mass is 9.96. The zero-order chi connectivity index (χ0) is 18.1. The van der Waals surface area contributed by atoms with Gasteiger partial charge in [-0.1, -0.05) is 18.2 Å². The van der Waals surface area contributed by atoms with E-state index < -0.39 is 10.0 Å². The average molecular weight is 370 g/mol. The molecule has 6 heteroatoms. The van der Waals surface area contributed by atoms with E-state index in [1.54, 1.807) is 19.2 Å². The predicted molar refractivity (Wildman–Crippen MR) is 102 cm³/mol. The smallest absolute Gasteiger partial charge is 0.240 e. The number of methoxy groups -OCH3 is 1. The van der Waals surface area contributed by atoms with E-state index in [0.717, 1.165) is 35.7 Å².